The number of aromatic nitrogens is 1. The number of fused-ring (bicyclic) bond motifs is 1. The summed E-state index contributed by atoms with van der Waals surface area (Å²) in [4.78, 5) is 3.95. The van der Waals surface area contributed by atoms with Gasteiger partial charge in [-0.15, -0.1) is 0 Å². The van der Waals surface area contributed by atoms with Gasteiger partial charge in [-0.2, -0.15) is 0 Å². The van der Waals surface area contributed by atoms with E-state index in [1.54, 1.807) is 12.1 Å². The lowest BCUT2D eigenvalue weighted by Crippen LogP contribution is -2.01. The lowest BCUT2D eigenvalue weighted by Gasteiger charge is -2.10. The first kappa shape index (κ1) is 14.0. The number of nitrogens with zero attached hydrogens (tertiary/aromatic N) is 1. The van der Waals surface area contributed by atoms with Crippen molar-refractivity contribution in [2.45, 2.75) is 11.3 Å². The summed E-state index contributed by atoms with van der Waals surface area (Å²) in [6.45, 7) is -0.252. The second-order valence-electron chi connectivity index (χ2n) is 3.79. The van der Waals surface area contributed by atoms with Gasteiger partial charge in [-0.25, -0.2) is 8.42 Å². The molecule has 1 aromatic carbocycles. The Bertz CT molecular complexity index is 690. The summed E-state index contributed by atoms with van der Waals surface area (Å²) in [6, 6.07) is 6.17. The van der Waals surface area contributed by atoms with Crippen molar-refractivity contribution < 1.29 is 17.5 Å². The molecular formula is C12H11ClFNO3S. The molecule has 0 unspecified atom stereocenters. The van der Waals surface area contributed by atoms with Crippen molar-refractivity contribution in [3.63, 3.8) is 0 Å². The Morgan fingerprint density at radius 3 is 2.79 bits per heavy atom. The zero-order valence-corrected chi connectivity index (χ0v) is 11.4. The maximum atomic E-state index is 12.0. The van der Waals surface area contributed by atoms with Gasteiger partial charge in [0.2, 0.25) is 0 Å². The molecule has 2 aromatic rings. The van der Waals surface area contributed by atoms with E-state index in [-0.39, 0.29) is 23.4 Å². The van der Waals surface area contributed by atoms with Crippen LogP contribution in [-0.2, 0) is 9.05 Å². The van der Waals surface area contributed by atoms with Gasteiger partial charge in [-0.3, -0.25) is 9.37 Å². The summed E-state index contributed by atoms with van der Waals surface area (Å²) in [5.74, 6) is 0.459. The first-order valence-electron chi connectivity index (χ1n) is 5.55. The summed E-state index contributed by atoms with van der Waals surface area (Å²) in [5.41, 5.74) is 0.246. The molecule has 0 saturated carbocycles. The molecule has 0 saturated heterocycles. The Kier molecular flexibility index (Phi) is 4.21. The molecule has 0 atom stereocenters. The van der Waals surface area contributed by atoms with E-state index in [4.69, 9.17) is 15.4 Å². The van der Waals surface area contributed by atoms with E-state index in [2.05, 4.69) is 4.98 Å². The van der Waals surface area contributed by atoms with Gasteiger partial charge in [-0.1, -0.05) is 0 Å². The highest BCUT2D eigenvalue weighted by atomic mass is 35.7. The van der Waals surface area contributed by atoms with E-state index < -0.39 is 15.7 Å². The van der Waals surface area contributed by atoms with E-state index in [0.717, 1.165) is 0 Å². The first-order chi connectivity index (χ1) is 9.04. The van der Waals surface area contributed by atoms with Crippen molar-refractivity contribution in [3.05, 3.63) is 30.5 Å². The average Bonchev–Trinajstić information content (AvgIpc) is 2.37. The highest BCUT2D eigenvalue weighted by Gasteiger charge is 2.17. The monoisotopic (exact) mass is 303 g/mol. The lowest BCUT2D eigenvalue weighted by molar-refractivity contribution is 0.292. The summed E-state index contributed by atoms with van der Waals surface area (Å²) in [6.07, 6.45) is 1.75. The highest BCUT2D eigenvalue weighted by Crippen LogP contribution is 2.31. The second-order valence-corrected chi connectivity index (χ2v) is 6.32. The fourth-order valence-electron chi connectivity index (χ4n) is 1.68. The summed E-state index contributed by atoms with van der Waals surface area (Å²) in [7, 11) is 1.48. The van der Waals surface area contributed by atoms with Crippen molar-refractivity contribution in [1.29, 1.82) is 0 Å². The van der Waals surface area contributed by atoms with Gasteiger partial charge in [0.1, 0.15) is 10.6 Å². The molecule has 1 aromatic heterocycles. The van der Waals surface area contributed by atoms with Crippen LogP contribution in [0.2, 0.25) is 0 Å². The number of hydrogen-bond donors (Lipinski definition) is 0. The Hall–Kier alpha value is -1.40. The summed E-state index contributed by atoms with van der Waals surface area (Å²) < 4.78 is 40.4. The van der Waals surface area contributed by atoms with Crippen LogP contribution in [0.1, 0.15) is 6.42 Å². The molecule has 0 bridgehead atoms. The Morgan fingerprint density at radius 2 is 2.11 bits per heavy atom. The smallest absolute Gasteiger partial charge is 0.263 e. The summed E-state index contributed by atoms with van der Waals surface area (Å²) >= 11 is 0. The molecule has 0 amide bonds. The normalized spacial score (nSPS) is 11.7. The molecule has 0 aliphatic rings. The Morgan fingerprint density at radius 1 is 1.32 bits per heavy atom. The maximum absolute atomic E-state index is 12.0. The number of alkyl halides is 1. The van der Waals surface area contributed by atoms with Gasteiger partial charge in [0, 0.05) is 28.7 Å². The molecule has 0 N–H and O–H groups in total. The van der Waals surface area contributed by atoms with Crippen LogP contribution >= 0.6 is 10.7 Å². The van der Waals surface area contributed by atoms with Crippen LogP contribution in [-0.4, -0.2) is 26.7 Å². The molecule has 7 heteroatoms. The van der Waals surface area contributed by atoms with Crippen LogP contribution in [0.5, 0.6) is 5.75 Å². The number of rotatable bonds is 5. The fourth-order valence-corrected chi connectivity index (χ4v) is 2.68. The van der Waals surface area contributed by atoms with Crippen LogP contribution in [0.15, 0.2) is 35.4 Å². The van der Waals surface area contributed by atoms with E-state index in [9.17, 15) is 12.8 Å². The van der Waals surface area contributed by atoms with Crippen LogP contribution < -0.4 is 4.74 Å². The van der Waals surface area contributed by atoms with E-state index in [1.165, 1.54) is 18.3 Å². The average molecular weight is 304 g/mol. The third-order valence-electron chi connectivity index (χ3n) is 2.49. The zero-order chi connectivity index (χ0) is 13.9. The SMILES string of the molecule is O=S(=O)(Cl)c1ccc(OCCCF)c2cccnc12. The van der Waals surface area contributed by atoms with E-state index >= 15 is 0 Å². The number of halogens is 2. The number of ether oxygens (including phenoxy) is 1. The van der Waals surface area contributed by atoms with Gasteiger partial charge >= 0.3 is 0 Å². The number of pyridine rings is 1. The van der Waals surface area contributed by atoms with Crippen LogP contribution in [0, 0.1) is 0 Å². The van der Waals surface area contributed by atoms with Gasteiger partial charge < -0.3 is 4.74 Å². The minimum atomic E-state index is -3.88. The largest absolute Gasteiger partial charge is 0.493 e. The van der Waals surface area contributed by atoms with Crippen LogP contribution in [0.4, 0.5) is 4.39 Å². The molecular weight excluding hydrogens is 293 g/mol. The minimum absolute atomic E-state index is 0.0670. The van der Waals surface area contributed by atoms with Gasteiger partial charge in [-0.05, 0) is 24.3 Å². The Labute approximate surface area is 114 Å². The Balaban J connectivity index is 2.52. The molecule has 0 radical (unpaired) electrons. The van der Waals surface area contributed by atoms with Gasteiger partial charge in [0.15, 0.2) is 0 Å². The second kappa shape index (κ2) is 5.71. The van der Waals surface area contributed by atoms with Gasteiger partial charge in [0.25, 0.3) is 9.05 Å². The third kappa shape index (κ3) is 3.13. The van der Waals surface area contributed by atoms with E-state index in [0.29, 0.717) is 11.1 Å². The predicted molar refractivity (Wildman–Crippen MR) is 70.9 cm³/mol. The highest BCUT2D eigenvalue weighted by molar-refractivity contribution is 8.14. The minimum Gasteiger partial charge on any atom is -0.493 e. The molecule has 0 fully saturated rings. The number of hydrogen-bond acceptors (Lipinski definition) is 4. The van der Waals surface area contributed by atoms with Crippen molar-refractivity contribution in [2.75, 3.05) is 13.3 Å². The molecule has 102 valence electrons. The molecule has 0 aliphatic carbocycles. The van der Waals surface area contributed by atoms with Crippen LogP contribution in [0.3, 0.4) is 0 Å². The van der Waals surface area contributed by atoms with Crippen molar-refractivity contribution >= 4 is 30.6 Å². The quantitative estimate of drug-likeness (QED) is 0.629. The standard InChI is InChI=1S/C12H11ClFNO3S/c13-19(16,17)11-5-4-10(18-8-2-6-14)9-3-1-7-15-12(9)11/h1,3-5,7H,2,6,8H2. The van der Waals surface area contributed by atoms with Crippen molar-refractivity contribution in [3.8, 4) is 5.75 Å². The predicted octanol–water partition coefficient (Wildman–Crippen LogP) is 2.90. The fraction of sp³-hybridized carbons (Fsp3) is 0.250. The molecule has 4 nitrogen and oxygen atoms in total. The number of benzene rings is 1. The lowest BCUT2D eigenvalue weighted by atomic mass is 10.2. The molecule has 1 heterocycles. The first-order valence-corrected chi connectivity index (χ1v) is 7.86. The molecule has 0 aliphatic heterocycles. The van der Waals surface area contributed by atoms with E-state index in [1.807, 2.05) is 0 Å². The van der Waals surface area contributed by atoms with Crippen molar-refractivity contribution in [2.24, 2.45) is 0 Å². The van der Waals surface area contributed by atoms with Crippen molar-refractivity contribution in [1.82, 2.24) is 4.98 Å². The third-order valence-corrected chi connectivity index (χ3v) is 3.84. The molecule has 0 spiro atoms. The molecule has 19 heavy (non-hydrogen) atoms. The summed E-state index contributed by atoms with van der Waals surface area (Å²) in [5, 5.41) is 0.531. The van der Waals surface area contributed by atoms with Crippen LogP contribution in [0.25, 0.3) is 10.9 Å². The maximum Gasteiger partial charge on any atom is 0.263 e. The zero-order valence-electron chi connectivity index (χ0n) is 9.84. The topological polar surface area (TPSA) is 56.3 Å². The molecule has 2 rings (SSSR count). The van der Waals surface area contributed by atoms with Gasteiger partial charge in [0.05, 0.1) is 18.8 Å².